The monoisotopic (exact) mass is 569 g/mol. The van der Waals surface area contributed by atoms with Gasteiger partial charge in [-0.25, -0.2) is 9.97 Å². The van der Waals surface area contributed by atoms with Crippen molar-refractivity contribution in [1.82, 2.24) is 14.9 Å². The molecule has 7 nitrogen and oxygen atoms in total. The average molecular weight is 570 g/mol. The summed E-state index contributed by atoms with van der Waals surface area (Å²) in [5.41, 5.74) is 2.95. The van der Waals surface area contributed by atoms with Gasteiger partial charge < -0.3 is 14.7 Å². The molecule has 2 amide bonds. The number of thiazole rings is 1. The van der Waals surface area contributed by atoms with Crippen LogP contribution in [-0.2, 0) is 22.6 Å². The standard InChI is InChI=1S/C33H39N5O2S/c1-25(2)23-33(40)38-20-10-19-36(30-15-7-8-18-34-30)21-22-37(24-26-11-3-5-13-28(26)38)32(39)17-9-16-31-35-27-12-4-6-14-29(27)41-31/h3-8,11-15,18,25H,9-10,16-17,19-24H2,1-2H3. The minimum Gasteiger partial charge on any atom is -0.355 e. The van der Waals surface area contributed by atoms with Crippen molar-refractivity contribution < 1.29 is 9.59 Å². The number of carbonyl (C=O) groups excluding carboxylic acids is 2. The van der Waals surface area contributed by atoms with E-state index >= 15 is 0 Å². The Hall–Kier alpha value is -3.78. The quantitative estimate of drug-likeness (QED) is 0.260. The number of amides is 2. The van der Waals surface area contributed by atoms with Gasteiger partial charge in [0.2, 0.25) is 11.8 Å². The van der Waals surface area contributed by atoms with E-state index in [1.54, 1.807) is 17.5 Å². The maximum atomic E-state index is 13.7. The number of para-hydroxylation sites is 2. The number of pyridine rings is 1. The van der Waals surface area contributed by atoms with Crippen molar-refractivity contribution in [3.63, 3.8) is 0 Å². The summed E-state index contributed by atoms with van der Waals surface area (Å²) in [6.07, 6.45) is 5.10. The molecule has 0 saturated carbocycles. The summed E-state index contributed by atoms with van der Waals surface area (Å²) in [5, 5.41) is 1.07. The number of fused-ring (bicyclic) bond motifs is 2. The molecule has 214 valence electrons. The van der Waals surface area contributed by atoms with Crippen molar-refractivity contribution in [1.29, 1.82) is 0 Å². The number of nitrogens with zero attached hydrogens (tertiary/aromatic N) is 5. The van der Waals surface area contributed by atoms with Gasteiger partial charge >= 0.3 is 0 Å². The van der Waals surface area contributed by atoms with Crippen molar-refractivity contribution in [3.8, 4) is 0 Å². The zero-order chi connectivity index (χ0) is 28.6. The highest BCUT2D eigenvalue weighted by Crippen LogP contribution is 2.27. The molecule has 0 saturated heterocycles. The molecule has 0 fully saturated rings. The minimum absolute atomic E-state index is 0.126. The molecule has 0 atom stereocenters. The molecule has 3 heterocycles. The van der Waals surface area contributed by atoms with Crippen LogP contribution in [0.25, 0.3) is 10.2 Å². The topological polar surface area (TPSA) is 69.6 Å². The summed E-state index contributed by atoms with van der Waals surface area (Å²) in [6, 6.07) is 22.2. The maximum absolute atomic E-state index is 13.7. The van der Waals surface area contributed by atoms with E-state index in [1.807, 2.05) is 64.4 Å². The molecule has 41 heavy (non-hydrogen) atoms. The third-order valence-corrected chi connectivity index (χ3v) is 8.52. The minimum atomic E-state index is 0.126. The van der Waals surface area contributed by atoms with Crippen LogP contribution in [0.2, 0.25) is 0 Å². The van der Waals surface area contributed by atoms with Gasteiger partial charge in [-0.2, -0.15) is 0 Å². The Morgan fingerprint density at radius 2 is 1.71 bits per heavy atom. The normalized spacial score (nSPS) is 14.7. The molecule has 0 aliphatic carbocycles. The number of aryl methyl sites for hydroxylation is 1. The van der Waals surface area contributed by atoms with Gasteiger partial charge in [0.05, 0.1) is 15.2 Å². The molecular formula is C33H39N5O2S. The second kappa shape index (κ2) is 13.7. The number of anilines is 2. The summed E-state index contributed by atoms with van der Waals surface area (Å²) < 4.78 is 1.18. The highest BCUT2D eigenvalue weighted by molar-refractivity contribution is 7.18. The first-order valence-electron chi connectivity index (χ1n) is 14.6. The van der Waals surface area contributed by atoms with Crippen LogP contribution >= 0.6 is 11.3 Å². The van der Waals surface area contributed by atoms with Crippen LogP contribution in [0, 0.1) is 5.92 Å². The van der Waals surface area contributed by atoms with E-state index in [4.69, 9.17) is 4.98 Å². The van der Waals surface area contributed by atoms with Gasteiger partial charge in [-0.3, -0.25) is 9.59 Å². The van der Waals surface area contributed by atoms with Crippen molar-refractivity contribution in [2.24, 2.45) is 5.92 Å². The van der Waals surface area contributed by atoms with Gasteiger partial charge in [-0.05, 0) is 61.1 Å². The Labute approximate surface area is 246 Å². The summed E-state index contributed by atoms with van der Waals surface area (Å²) >= 11 is 1.71. The fourth-order valence-corrected chi connectivity index (χ4v) is 6.37. The molecule has 1 aliphatic heterocycles. The first kappa shape index (κ1) is 28.7. The van der Waals surface area contributed by atoms with Gasteiger partial charge in [-0.15, -0.1) is 11.3 Å². The SMILES string of the molecule is CC(C)CC(=O)N1CCCN(c2ccccn2)CCN(C(=O)CCCc2nc3ccccc3s2)Cc2ccccc21. The summed E-state index contributed by atoms with van der Waals surface area (Å²) in [6.45, 7) is 7.28. The Balaban J connectivity index is 1.36. The van der Waals surface area contributed by atoms with Gasteiger partial charge in [0.15, 0.2) is 0 Å². The first-order valence-corrected chi connectivity index (χ1v) is 15.5. The Bertz CT molecular complexity index is 1420. The molecular weight excluding hydrogens is 530 g/mol. The molecule has 5 rings (SSSR count). The van der Waals surface area contributed by atoms with Gasteiger partial charge in [0.1, 0.15) is 5.82 Å². The van der Waals surface area contributed by atoms with E-state index in [1.165, 1.54) is 4.70 Å². The summed E-state index contributed by atoms with van der Waals surface area (Å²) in [4.78, 5) is 42.6. The second-order valence-corrected chi connectivity index (χ2v) is 12.2. The lowest BCUT2D eigenvalue weighted by Crippen LogP contribution is -2.39. The Kier molecular flexibility index (Phi) is 9.62. The van der Waals surface area contributed by atoms with E-state index in [2.05, 4.69) is 35.9 Å². The van der Waals surface area contributed by atoms with Crippen LogP contribution in [0.5, 0.6) is 0 Å². The number of aromatic nitrogens is 2. The van der Waals surface area contributed by atoms with E-state index < -0.39 is 0 Å². The summed E-state index contributed by atoms with van der Waals surface area (Å²) in [7, 11) is 0. The van der Waals surface area contributed by atoms with Crippen molar-refractivity contribution >= 4 is 44.9 Å². The number of rotatable bonds is 7. The molecule has 0 N–H and O–H groups in total. The smallest absolute Gasteiger partial charge is 0.227 e. The molecule has 2 aromatic heterocycles. The van der Waals surface area contributed by atoms with Crippen LogP contribution in [0.15, 0.2) is 72.9 Å². The van der Waals surface area contributed by atoms with Crippen LogP contribution in [0.3, 0.4) is 0 Å². The molecule has 8 heteroatoms. The van der Waals surface area contributed by atoms with Gasteiger partial charge in [0, 0.05) is 57.4 Å². The molecule has 2 aromatic carbocycles. The van der Waals surface area contributed by atoms with Crippen LogP contribution < -0.4 is 9.80 Å². The summed E-state index contributed by atoms with van der Waals surface area (Å²) in [5.74, 6) is 1.42. The largest absolute Gasteiger partial charge is 0.355 e. The fraction of sp³-hybridized carbons (Fsp3) is 0.394. The zero-order valence-corrected chi connectivity index (χ0v) is 24.9. The number of hydrogen-bond donors (Lipinski definition) is 0. The van der Waals surface area contributed by atoms with Crippen LogP contribution in [0.1, 0.15) is 50.1 Å². The Morgan fingerprint density at radius 1 is 0.902 bits per heavy atom. The van der Waals surface area contributed by atoms with E-state index in [-0.39, 0.29) is 17.7 Å². The molecule has 0 radical (unpaired) electrons. The predicted molar refractivity (Wildman–Crippen MR) is 167 cm³/mol. The van der Waals surface area contributed by atoms with Crippen molar-refractivity contribution in [2.75, 3.05) is 36.0 Å². The lowest BCUT2D eigenvalue weighted by Gasteiger charge is -2.29. The van der Waals surface area contributed by atoms with Crippen molar-refractivity contribution in [3.05, 3.63) is 83.5 Å². The molecule has 0 unspecified atom stereocenters. The van der Waals surface area contributed by atoms with Gasteiger partial charge in [-0.1, -0.05) is 50.2 Å². The zero-order valence-electron chi connectivity index (χ0n) is 24.0. The lowest BCUT2D eigenvalue weighted by molar-refractivity contribution is -0.131. The molecule has 1 aliphatic rings. The van der Waals surface area contributed by atoms with Crippen LogP contribution in [-0.4, -0.2) is 52.9 Å². The predicted octanol–water partition coefficient (Wildman–Crippen LogP) is 6.33. The van der Waals surface area contributed by atoms with Crippen molar-refractivity contribution in [2.45, 2.75) is 52.5 Å². The third-order valence-electron chi connectivity index (χ3n) is 7.42. The number of carbonyl (C=O) groups is 2. The second-order valence-electron chi connectivity index (χ2n) is 11.0. The van der Waals surface area contributed by atoms with E-state index in [0.717, 1.165) is 53.4 Å². The highest BCUT2D eigenvalue weighted by Gasteiger charge is 2.24. The lowest BCUT2D eigenvalue weighted by atomic mass is 10.1. The first-order chi connectivity index (χ1) is 20.0. The third kappa shape index (κ3) is 7.50. The fourth-order valence-electron chi connectivity index (χ4n) is 5.36. The molecule has 4 aromatic rings. The van der Waals surface area contributed by atoms with E-state index in [0.29, 0.717) is 39.0 Å². The molecule has 0 spiro atoms. The highest BCUT2D eigenvalue weighted by atomic mass is 32.1. The van der Waals surface area contributed by atoms with Crippen LogP contribution in [0.4, 0.5) is 11.5 Å². The maximum Gasteiger partial charge on any atom is 0.227 e. The molecule has 0 bridgehead atoms. The number of hydrogen-bond acceptors (Lipinski definition) is 6. The van der Waals surface area contributed by atoms with E-state index in [9.17, 15) is 9.59 Å². The van der Waals surface area contributed by atoms with Gasteiger partial charge in [0.25, 0.3) is 0 Å². The number of benzene rings is 2. The Morgan fingerprint density at radius 3 is 2.51 bits per heavy atom. The average Bonchev–Trinajstić information content (AvgIpc) is 3.38.